The first-order chi connectivity index (χ1) is 8.77. The summed E-state index contributed by atoms with van der Waals surface area (Å²) in [5.41, 5.74) is 10.4. The van der Waals surface area contributed by atoms with Gasteiger partial charge in [-0.1, -0.05) is 6.92 Å². The number of nitrogens with two attached hydrogens (primary N) is 2. The molecule has 3 atom stereocenters. The Hall–Kier alpha value is -0.650. The van der Waals surface area contributed by atoms with Crippen LogP contribution in [0.3, 0.4) is 0 Å². The number of hydrogen-bond donors (Lipinski definition) is 2. The molecule has 1 amide bonds. The quantitative estimate of drug-likeness (QED) is 0.701. The van der Waals surface area contributed by atoms with Crippen molar-refractivity contribution in [1.82, 2.24) is 9.80 Å². The van der Waals surface area contributed by atoms with E-state index >= 15 is 0 Å². The first-order valence-corrected chi connectivity index (χ1v) is 7.31. The van der Waals surface area contributed by atoms with Gasteiger partial charge in [0, 0.05) is 18.6 Å². The van der Waals surface area contributed by atoms with Crippen LogP contribution < -0.4 is 11.5 Å². The van der Waals surface area contributed by atoms with Crippen molar-refractivity contribution in [1.29, 1.82) is 0 Å². The highest BCUT2D eigenvalue weighted by molar-refractivity contribution is 5.83. The van der Waals surface area contributed by atoms with Crippen molar-refractivity contribution in [2.75, 3.05) is 26.7 Å². The van der Waals surface area contributed by atoms with Gasteiger partial charge in [0.25, 0.3) is 0 Å². The molecule has 1 heterocycles. The molecule has 1 aliphatic heterocycles. The zero-order valence-corrected chi connectivity index (χ0v) is 12.9. The number of likely N-dealkylation sites (N-methyl/N-ethyl adjacent to an activating group) is 2. The van der Waals surface area contributed by atoms with Crippen LogP contribution in [0, 0.1) is 0 Å². The standard InChI is InChI=1S/C14H30N4O/c1-5-18-8-6-7-12(18)10-17(4)11(2)9-14(3,16)13(15)19/h11-12H,5-10,16H2,1-4H3,(H2,15,19). The Kier molecular flexibility index (Phi) is 5.77. The topological polar surface area (TPSA) is 75.6 Å². The molecule has 5 heteroatoms. The predicted octanol–water partition coefficient (Wildman–Crippen LogP) is 0.384. The Morgan fingerprint density at radius 3 is 2.74 bits per heavy atom. The molecule has 0 aliphatic carbocycles. The molecule has 0 aromatic carbocycles. The van der Waals surface area contributed by atoms with Gasteiger partial charge in [-0.05, 0) is 53.2 Å². The van der Waals surface area contributed by atoms with E-state index in [9.17, 15) is 4.79 Å². The fourth-order valence-corrected chi connectivity index (χ4v) is 2.90. The molecule has 1 aliphatic rings. The van der Waals surface area contributed by atoms with Crippen molar-refractivity contribution < 1.29 is 4.79 Å². The van der Waals surface area contributed by atoms with E-state index in [0.717, 1.165) is 13.1 Å². The Labute approximate surface area is 117 Å². The first kappa shape index (κ1) is 16.4. The maximum absolute atomic E-state index is 11.3. The van der Waals surface area contributed by atoms with Crippen molar-refractivity contribution in [2.45, 2.75) is 57.7 Å². The van der Waals surface area contributed by atoms with Crippen LogP contribution in [0.4, 0.5) is 0 Å². The Morgan fingerprint density at radius 1 is 1.58 bits per heavy atom. The number of carbonyl (C=O) groups excluding carboxylic acids is 1. The highest BCUT2D eigenvalue weighted by atomic mass is 16.1. The molecule has 1 rings (SSSR count). The zero-order chi connectivity index (χ0) is 14.6. The number of amides is 1. The summed E-state index contributed by atoms with van der Waals surface area (Å²) >= 11 is 0. The number of hydrogen-bond acceptors (Lipinski definition) is 4. The second-order valence-electron chi connectivity index (χ2n) is 6.20. The molecule has 0 aromatic rings. The largest absolute Gasteiger partial charge is 0.368 e. The van der Waals surface area contributed by atoms with Crippen LogP contribution in [-0.2, 0) is 4.79 Å². The van der Waals surface area contributed by atoms with Crippen LogP contribution in [0.1, 0.15) is 40.0 Å². The molecule has 1 saturated heterocycles. The SMILES string of the molecule is CCN1CCCC1CN(C)C(C)CC(C)(N)C(N)=O. The van der Waals surface area contributed by atoms with E-state index in [-0.39, 0.29) is 6.04 Å². The van der Waals surface area contributed by atoms with Crippen LogP contribution in [0.2, 0.25) is 0 Å². The summed E-state index contributed by atoms with van der Waals surface area (Å²) in [4.78, 5) is 16.1. The lowest BCUT2D eigenvalue weighted by Gasteiger charge is -2.34. The molecule has 5 nitrogen and oxygen atoms in total. The van der Waals surface area contributed by atoms with Crippen LogP contribution in [-0.4, -0.2) is 60.0 Å². The van der Waals surface area contributed by atoms with E-state index in [1.807, 2.05) is 0 Å². The van der Waals surface area contributed by atoms with Gasteiger partial charge in [-0.15, -0.1) is 0 Å². The molecule has 3 unspecified atom stereocenters. The molecule has 1 fully saturated rings. The van der Waals surface area contributed by atoms with Gasteiger partial charge in [-0.25, -0.2) is 0 Å². The van der Waals surface area contributed by atoms with Gasteiger partial charge in [0.05, 0.1) is 5.54 Å². The van der Waals surface area contributed by atoms with Gasteiger partial charge in [-0.2, -0.15) is 0 Å². The summed E-state index contributed by atoms with van der Waals surface area (Å²) in [7, 11) is 2.11. The Morgan fingerprint density at radius 2 is 2.21 bits per heavy atom. The number of primary amides is 1. The van der Waals surface area contributed by atoms with Gasteiger partial charge in [0.1, 0.15) is 0 Å². The molecule has 4 N–H and O–H groups in total. The Bertz CT molecular complexity index is 306. The third-order valence-electron chi connectivity index (χ3n) is 4.44. The highest BCUT2D eigenvalue weighted by Gasteiger charge is 2.31. The molecular weight excluding hydrogens is 240 g/mol. The van der Waals surface area contributed by atoms with E-state index in [1.165, 1.54) is 19.4 Å². The minimum atomic E-state index is -0.923. The summed E-state index contributed by atoms with van der Waals surface area (Å²) in [5.74, 6) is -0.427. The van der Waals surface area contributed by atoms with Gasteiger partial charge in [0.2, 0.25) is 5.91 Å². The normalized spacial score (nSPS) is 25.5. The van der Waals surface area contributed by atoms with E-state index < -0.39 is 11.4 Å². The lowest BCUT2D eigenvalue weighted by molar-refractivity contribution is -0.123. The van der Waals surface area contributed by atoms with Crippen LogP contribution in [0.25, 0.3) is 0 Å². The summed E-state index contributed by atoms with van der Waals surface area (Å²) in [6.07, 6.45) is 3.15. The molecule has 0 spiro atoms. The monoisotopic (exact) mass is 270 g/mol. The molecule has 0 saturated carbocycles. The van der Waals surface area contributed by atoms with Crippen LogP contribution in [0.5, 0.6) is 0 Å². The van der Waals surface area contributed by atoms with E-state index in [2.05, 4.69) is 30.7 Å². The summed E-state index contributed by atoms with van der Waals surface area (Å²) in [6.45, 7) is 9.39. The molecule has 0 aromatic heterocycles. The summed E-state index contributed by atoms with van der Waals surface area (Å²) in [5, 5.41) is 0. The average molecular weight is 270 g/mol. The number of likely N-dealkylation sites (tertiary alicyclic amines) is 1. The van der Waals surface area contributed by atoms with Crippen molar-refractivity contribution in [3.8, 4) is 0 Å². The third-order valence-corrected chi connectivity index (χ3v) is 4.44. The third kappa shape index (κ3) is 4.44. The van der Waals surface area contributed by atoms with Crippen LogP contribution >= 0.6 is 0 Å². The van der Waals surface area contributed by atoms with Crippen LogP contribution in [0.15, 0.2) is 0 Å². The minimum Gasteiger partial charge on any atom is -0.368 e. The van der Waals surface area contributed by atoms with E-state index in [4.69, 9.17) is 11.5 Å². The molecule has 19 heavy (non-hydrogen) atoms. The first-order valence-electron chi connectivity index (χ1n) is 7.31. The number of rotatable bonds is 7. The molecular formula is C14H30N4O. The average Bonchev–Trinajstić information content (AvgIpc) is 2.75. The van der Waals surface area contributed by atoms with Gasteiger partial charge < -0.3 is 16.4 Å². The smallest absolute Gasteiger partial charge is 0.237 e. The van der Waals surface area contributed by atoms with E-state index in [0.29, 0.717) is 12.5 Å². The van der Waals surface area contributed by atoms with Gasteiger partial charge in [-0.3, -0.25) is 9.69 Å². The fraction of sp³-hybridized carbons (Fsp3) is 0.929. The lowest BCUT2D eigenvalue weighted by Crippen LogP contribution is -2.53. The predicted molar refractivity (Wildman–Crippen MR) is 78.8 cm³/mol. The second kappa shape index (κ2) is 6.68. The number of nitrogens with zero attached hydrogens (tertiary/aromatic N) is 2. The summed E-state index contributed by atoms with van der Waals surface area (Å²) < 4.78 is 0. The van der Waals surface area contributed by atoms with Gasteiger partial charge in [0.15, 0.2) is 0 Å². The van der Waals surface area contributed by atoms with Crippen molar-refractivity contribution in [2.24, 2.45) is 11.5 Å². The molecule has 0 bridgehead atoms. The lowest BCUT2D eigenvalue weighted by atomic mass is 9.93. The van der Waals surface area contributed by atoms with Crippen molar-refractivity contribution >= 4 is 5.91 Å². The molecule has 112 valence electrons. The molecule has 0 radical (unpaired) electrons. The highest BCUT2D eigenvalue weighted by Crippen LogP contribution is 2.19. The van der Waals surface area contributed by atoms with E-state index in [1.54, 1.807) is 6.92 Å². The van der Waals surface area contributed by atoms with Crippen molar-refractivity contribution in [3.05, 3.63) is 0 Å². The second-order valence-corrected chi connectivity index (χ2v) is 6.20. The van der Waals surface area contributed by atoms with Crippen molar-refractivity contribution in [3.63, 3.8) is 0 Å². The maximum atomic E-state index is 11.3. The summed E-state index contributed by atoms with van der Waals surface area (Å²) in [6, 6.07) is 0.886. The maximum Gasteiger partial charge on any atom is 0.237 e. The fourth-order valence-electron chi connectivity index (χ4n) is 2.90. The Balaban J connectivity index is 2.48. The zero-order valence-electron chi connectivity index (χ0n) is 12.9. The minimum absolute atomic E-state index is 0.252. The van der Waals surface area contributed by atoms with Gasteiger partial charge >= 0.3 is 0 Å². The number of carbonyl (C=O) groups is 1.